The van der Waals surface area contributed by atoms with Crippen LogP contribution in [0.3, 0.4) is 0 Å². The Kier molecular flexibility index (Phi) is 6.30. The van der Waals surface area contributed by atoms with Crippen LogP contribution >= 0.6 is 22.6 Å². The van der Waals surface area contributed by atoms with Crippen LogP contribution < -0.4 is 5.32 Å². The smallest absolute Gasteiger partial charge is 0.282 e. The zero-order valence-corrected chi connectivity index (χ0v) is 12.1. The van der Waals surface area contributed by atoms with Crippen molar-refractivity contribution in [1.82, 2.24) is 0 Å². The average Bonchev–Trinajstić information content (AvgIpc) is 2.29. The van der Waals surface area contributed by atoms with Crippen LogP contribution in [0.15, 0.2) is 18.2 Å². The fraction of sp³-hybridized carbons (Fsp3) is 0.455. The molecule has 100 valence electrons. The summed E-state index contributed by atoms with van der Waals surface area (Å²) in [6.45, 7) is 0.527. The summed E-state index contributed by atoms with van der Waals surface area (Å²) in [5.74, 6) is 0. The molecule has 0 radical (unpaired) electrons. The Morgan fingerprint density at radius 2 is 2.33 bits per heavy atom. The van der Waals surface area contributed by atoms with Crippen LogP contribution in [0.2, 0.25) is 0 Å². The highest BCUT2D eigenvalue weighted by Gasteiger charge is 2.13. The van der Waals surface area contributed by atoms with E-state index in [2.05, 4.69) is 5.32 Å². The topological polar surface area (TPSA) is 84.6 Å². The number of ether oxygens (including phenoxy) is 1. The number of benzene rings is 1. The van der Waals surface area contributed by atoms with Crippen molar-refractivity contribution in [2.45, 2.75) is 12.5 Å². The zero-order chi connectivity index (χ0) is 13.5. The van der Waals surface area contributed by atoms with Gasteiger partial charge in [0.15, 0.2) is 0 Å². The van der Waals surface area contributed by atoms with E-state index in [0.29, 0.717) is 16.6 Å². The van der Waals surface area contributed by atoms with Gasteiger partial charge < -0.3 is 15.2 Å². The number of halogens is 1. The van der Waals surface area contributed by atoms with Gasteiger partial charge in [-0.3, -0.25) is 10.1 Å². The van der Waals surface area contributed by atoms with Crippen LogP contribution in [0.1, 0.15) is 6.42 Å². The van der Waals surface area contributed by atoms with Gasteiger partial charge >= 0.3 is 0 Å². The summed E-state index contributed by atoms with van der Waals surface area (Å²) < 4.78 is 5.61. The van der Waals surface area contributed by atoms with Gasteiger partial charge in [-0.05, 0) is 41.1 Å². The highest BCUT2D eigenvalue weighted by Crippen LogP contribution is 2.24. The van der Waals surface area contributed by atoms with Gasteiger partial charge in [0.2, 0.25) is 0 Å². The Bertz CT molecular complexity index is 408. The minimum Gasteiger partial charge on any atom is -0.396 e. The summed E-state index contributed by atoms with van der Waals surface area (Å²) >= 11 is 1.93. The van der Waals surface area contributed by atoms with Crippen molar-refractivity contribution in [1.29, 1.82) is 0 Å². The van der Waals surface area contributed by atoms with E-state index in [1.54, 1.807) is 19.2 Å². The molecule has 0 heterocycles. The number of hydrogen-bond acceptors (Lipinski definition) is 5. The van der Waals surface area contributed by atoms with Gasteiger partial charge in [0, 0.05) is 25.5 Å². The fourth-order valence-corrected chi connectivity index (χ4v) is 2.25. The molecule has 2 N–H and O–H groups in total. The van der Waals surface area contributed by atoms with E-state index < -0.39 is 4.92 Å². The Morgan fingerprint density at radius 3 is 2.83 bits per heavy atom. The number of nitrogens with zero attached hydrogens (tertiary/aromatic N) is 1. The molecular formula is C11H15IN2O4. The largest absolute Gasteiger partial charge is 0.396 e. The quantitative estimate of drug-likeness (QED) is 0.438. The number of rotatable bonds is 7. The van der Waals surface area contributed by atoms with Crippen molar-refractivity contribution in [2.75, 3.05) is 25.6 Å². The van der Waals surface area contributed by atoms with Gasteiger partial charge in [0.05, 0.1) is 21.1 Å². The maximum Gasteiger partial charge on any atom is 0.282 e. The number of nitro benzene ring substituents is 1. The highest BCUT2D eigenvalue weighted by atomic mass is 127. The van der Waals surface area contributed by atoms with Crippen molar-refractivity contribution >= 4 is 34.0 Å². The fourth-order valence-electron chi connectivity index (χ4n) is 1.53. The SMILES string of the molecule is COCC(CCO)Nc1ccc([N+](=O)[O-])c(I)c1. The molecule has 1 atom stereocenters. The van der Waals surface area contributed by atoms with Crippen molar-refractivity contribution in [2.24, 2.45) is 0 Å². The summed E-state index contributed by atoms with van der Waals surface area (Å²) in [6.07, 6.45) is 0.557. The first-order chi connectivity index (χ1) is 8.58. The van der Waals surface area contributed by atoms with Crippen molar-refractivity contribution < 1.29 is 14.8 Å². The lowest BCUT2D eigenvalue weighted by atomic mass is 10.2. The predicted molar refractivity (Wildman–Crippen MR) is 76.8 cm³/mol. The second kappa shape index (κ2) is 7.49. The van der Waals surface area contributed by atoms with Gasteiger partial charge in [-0.25, -0.2) is 0 Å². The molecule has 7 heteroatoms. The number of hydrogen-bond donors (Lipinski definition) is 2. The predicted octanol–water partition coefficient (Wildman–Crippen LogP) is 2.01. The van der Waals surface area contributed by atoms with Crippen LogP contribution in [-0.2, 0) is 4.74 Å². The summed E-state index contributed by atoms with van der Waals surface area (Å²) in [4.78, 5) is 10.3. The molecule has 0 saturated heterocycles. The van der Waals surface area contributed by atoms with Crippen molar-refractivity contribution in [3.63, 3.8) is 0 Å². The summed E-state index contributed by atoms with van der Waals surface area (Å²) in [5.41, 5.74) is 0.868. The lowest BCUT2D eigenvalue weighted by Gasteiger charge is -2.18. The minimum atomic E-state index is -0.411. The molecule has 6 nitrogen and oxygen atoms in total. The average molecular weight is 366 g/mol. The molecule has 18 heavy (non-hydrogen) atoms. The molecule has 1 aromatic carbocycles. The van der Waals surface area contributed by atoms with E-state index in [9.17, 15) is 10.1 Å². The van der Waals surface area contributed by atoms with Crippen LogP contribution in [0.25, 0.3) is 0 Å². The van der Waals surface area contributed by atoms with Crippen LogP contribution in [0.5, 0.6) is 0 Å². The monoisotopic (exact) mass is 366 g/mol. The van der Waals surface area contributed by atoms with E-state index in [-0.39, 0.29) is 18.3 Å². The van der Waals surface area contributed by atoms with Crippen molar-refractivity contribution in [3.8, 4) is 0 Å². The Labute approximate surface area is 119 Å². The summed E-state index contributed by atoms with van der Waals surface area (Å²) in [7, 11) is 1.59. The van der Waals surface area contributed by atoms with E-state index in [4.69, 9.17) is 9.84 Å². The lowest BCUT2D eigenvalue weighted by Crippen LogP contribution is -2.26. The molecule has 0 fully saturated rings. The van der Waals surface area contributed by atoms with Gasteiger partial charge in [-0.1, -0.05) is 0 Å². The van der Waals surface area contributed by atoms with E-state index in [1.807, 2.05) is 22.6 Å². The maximum atomic E-state index is 10.7. The van der Waals surface area contributed by atoms with E-state index in [1.165, 1.54) is 6.07 Å². The maximum absolute atomic E-state index is 10.7. The number of aliphatic hydroxyl groups is 1. The van der Waals surface area contributed by atoms with Crippen LogP contribution in [0, 0.1) is 13.7 Å². The van der Waals surface area contributed by atoms with Gasteiger partial charge in [0.25, 0.3) is 5.69 Å². The molecule has 0 amide bonds. The zero-order valence-electron chi connectivity index (χ0n) is 9.93. The molecule has 0 bridgehead atoms. The van der Waals surface area contributed by atoms with Crippen LogP contribution in [0.4, 0.5) is 11.4 Å². The third-order valence-electron chi connectivity index (χ3n) is 2.36. The molecule has 0 saturated carbocycles. The Balaban J connectivity index is 2.77. The van der Waals surface area contributed by atoms with Gasteiger partial charge in [-0.2, -0.15) is 0 Å². The molecule has 0 aliphatic heterocycles. The molecule has 1 aromatic rings. The molecule has 0 aliphatic carbocycles. The molecule has 1 rings (SSSR count). The number of methoxy groups -OCH3 is 1. The molecule has 0 spiro atoms. The summed E-state index contributed by atoms with van der Waals surface area (Å²) in [5, 5.41) is 22.8. The molecule has 0 aromatic heterocycles. The third kappa shape index (κ3) is 4.39. The number of aliphatic hydroxyl groups excluding tert-OH is 1. The Morgan fingerprint density at radius 1 is 1.61 bits per heavy atom. The normalized spacial score (nSPS) is 12.2. The summed E-state index contributed by atoms with van der Waals surface area (Å²) in [6, 6.07) is 4.81. The first kappa shape index (κ1) is 15.1. The second-order valence-electron chi connectivity index (χ2n) is 3.73. The standard InChI is InChI=1S/C11H15IN2O4/c1-18-7-9(4-5-15)13-8-2-3-11(14(16)17)10(12)6-8/h2-3,6,9,13,15H,4-5,7H2,1H3. The molecule has 0 aliphatic rings. The Hall–Kier alpha value is -0.930. The number of anilines is 1. The second-order valence-corrected chi connectivity index (χ2v) is 4.89. The highest BCUT2D eigenvalue weighted by molar-refractivity contribution is 14.1. The third-order valence-corrected chi connectivity index (χ3v) is 3.22. The number of nitro groups is 1. The molecular weight excluding hydrogens is 351 g/mol. The van der Waals surface area contributed by atoms with Gasteiger partial charge in [0.1, 0.15) is 0 Å². The lowest BCUT2D eigenvalue weighted by molar-refractivity contribution is -0.385. The first-order valence-corrected chi connectivity index (χ1v) is 6.46. The van der Waals surface area contributed by atoms with E-state index >= 15 is 0 Å². The van der Waals surface area contributed by atoms with Gasteiger partial charge in [-0.15, -0.1) is 0 Å². The first-order valence-electron chi connectivity index (χ1n) is 5.38. The molecule has 1 unspecified atom stereocenters. The van der Waals surface area contributed by atoms with Crippen LogP contribution in [-0.4, -0.2) is 36.4 Å². The van der Waals surface area contributed by atoms with Crippen molar-refractivity contribution in [3.05, 3.63) is 31.9 Å². The van der Waals surface area contributed by atoms with E-state index in [0.717, 1.165) is 5.69 Å². The number of nitrogens with one attached hydrogen (secondary N) is 1. The minimum absolute atomic E-state index is 0.0164.